The van der Waals surface area contributed by atoms with Crippen LogP contribution in [0.1, 0.15) is 42.3 Å². The van der Waals surface area contributed by atoms with Gasteiger partial charge in [-0.05, 0) is 50.5 Å². The lowest BCUT2D eigenvalue weighted by Gasteiger charge is -2.18. The highest BCUT2D eigenvalue weighted by Gasteiger charge is 2.19. The van der Waals surface area contributed by atoms with Crippen LogP contribution in [0.2, 0.25) is 0 Å². The third-order valence-electron chi connectivity index (χ3n) is 4.10. The summed E-state index contributed by atoms with van der Waals surface area (Å²) < 4.78 is 5.80. The minimum Gasteiger partial charge on any atom is -0.481 e. The lowest BCUT2D eigenvalue weighted by Crippen LogP contribution is -2.32. The predicted molar refractivity (Wildman–Crippen MR) is 108 cm³/mol. The number of hydrogen-bond donors (Lipinski definition) is 2. The van der Waals surface area contributed by atoms with Gasteiger partial charge in [0.2, 0.25) is 0 Å². The van der Waals surface area contributed by atoms with Crippen molar-refractivity contribution in [1.29, 1.82) is 0 Å². The second-order valence-electron chi connectivity index (χ2n) is 7.17. The van der Waals surface area contributed by atoms with Gasteiger partial charge in [-0.3, -0.25) is 9.59 Å². The maximum atomic E-state index is 12.6. The Morgan fingerprint density at radius 2 is 1.74 bits per heavy atom. The normalized spacial score (nSPS) is 11.8. The molecule has 2 aromatic rings. The van der Waals surface area contributed by atoms with E-state index in [4.69, 9.17) is 4.74 Å². The molecule has 5 nitrogen and oxygen atoms in total. The average molecular weight is 368 g/mol. The number of amides is 2. The number of rotatable bonds is 7. The molecule has 0 heterocycles. The Bertz CT molecular complexity index is 815. The molecule has 0 bridgehead atoms. The SMILES string of the molecule is Cc1ccc(O[C@@H](C)C(=O)Nc2ccccc2C(=O)NCC(C)C)c(C)c1. The number of anilines is 1. The number of para-hydroxylation sites is 1. The first kappa shape index (κ1) is 20.5. The van der Waals surface area contributed by atoms with Crippen LogP contribution in [-0.4, -0.2) is 24.5 Å². The van der Waals surface area contributed by atoms with Gasteiger partial charge in [-0.25, -0.2) is 0 Å². The van der Waals surface area contributed by atoms with Gasteiger partial charge in [-0.15, -0.1) is 0 Å². The Hall–Kier alpha value is -2.82. The minimum absolute atomic E-state index is 0.206. The monoisotopic (exact) mass is 368 g/mol. The number of aryl methyl sites for hydroxylation is 2. The molecule has 0 saturated heterocycles. The molecule has 0 fully saturated rings. The molecule has 27 heavy (non-hydrogen) atoms. The molecule has 0 radical (unpaired) electrons. The number of nitrogens with one attached hydrogen (secondary N) is 2. The van der Waals surface area contributed by atoms with Gasteiger partial charge in [0.15, 0.2) is 6.10 Å². The first-order valence-corrected chi connectivity index (χ1v) is 9.20. The molecule has 2 N–H and O–H groups in total. The summed E-state index contributed by atoms with van der Waals surface area (Å²) in [6, 6.07) is 12.8. The van der Waals surface area contributed by atoms with Crippen molar-refractivity contribution in [2.45, 2.75) is 40.7 Å². The molecule has 1 atom stereocenters. The summed E-state index contributed by atoms with van der Waals surface area (Å²) in [6.07, 6.45) is -0.696. The van der Waals surface area contributed by atoms with E-state index < -0.39 is 6.10 Å². The van der Waals surface area contributed by atoms with E-state index in [1.165, 1.54) is 0 Å². The van der Waals surface area contributed by atoms with Crippen LogP contribution in [0.3, 0.4) is 0 Å². The maximum absolute atomic E-state index is 12.6. The van der Waals surface area contributed by atoms with Crippen molar-refractivity contribution in [2.24, 2.45) is 5.92 Å². The van der Waals surface area contributed by atoms with Crippen LogP contribution in [-0.2, 0) is 4.79 Å². The molecule has 2 aromatic carbocycles. The van der Waals surface area contributed by atoms with Gasteiger partial charge in [0, 0.05) is 6.54 Å². The lowest BCUT2D eigenvalue weighted by atomic mass is 10.1. The van der Waals surface area contributed by atoms with E-state index in [1.807, 2.05) is 45.9 Å². The Labute approximate surface area is 161 Å². The maximum Gasteiger partial charge on any atom is 0.265 e. The Morgan fingerprint density at radius 1 is 1.04 bits per heavy atom. The Morgan fingerprint density at radius 3 is 2.41 bits per heavy atom. The molecule has 0 saturated carbocycles. The van der Waals surface area contributed by atoms with Crippen molar-refractivity contribution in [2.75, 3.05) is 11.9 Å². The number of carbonyl (C=O) groups is 2. The third-order valence-corrected chi connectivity index (χ3v) is 4.10. The second kappa shape index (κ2) is 9.21. The van der Waals surface area contributed by atoms with Crippen LogP contribution in [0.4, 0.5) is 5.69 Å². The number of hydrogen-bond acceptors (Lipinski definition) is 3. The van der Waals surface area contributed by atoms with Gasteiger partial charge in [0.05, 0.1) is 11.3 Å². The third kappa shape index (κ3) is 5.84. The van der Waals surface area contributed by atoms with E-state index in [-0.39, 0.29) is 11.8 Å². The largest absolute Gasteiger partial charge is 0.481 e. The van der Waals surface area contributed by atoms with Crippen molar-refractivity contribution in [3.05, 3.63) is 59.2 Å². The van der Waals surface area contributed by atoms with E-state index >= 15 is 0 Å². The van der Waals surface area contributed by atoms with E-state index in [2.05, 4.69) is 10.6 Å². The molecule has 0 aliphatic rings. The first-order valence-electron chi connectivity index (χ1n) is 9.20. The quantitative estimate of drug-likeness (QED) is 0.773. The molecule has 144 valence electrons. The standard InChI is InChI=1S/C22H28N2O3/c1-14(2)13-23-22(26)18-8-6-7-9-19(18)24-21(25)17(5)27-20-11-10-15(3)12-16(20)4/h6-12,14,17H,13H2,1-5H3,(H,23,26)(H,24,25)/t17-/m0/s1. The molecule has 2 rings (SSSR count). The zero-order chi connectivity index (χ0) is 20.0. The summed E-state index contributed by atoms with van der Waals surface area (Å²) >= 11 is 0. The van der Waals surface area contributed by atoms with Crippen molar-refractivity contribution < 1.29 is 14.3 Å². The molecule has 0 aliphatic carbocycles. The summed E-state index contributed by atoms with van der Waals surface area (Å²) in [5.74, 6) is 0.509. The second-order valence-corrected chi connectivity index (χ2v) is 7.17. The van der Waals surface area contributed by atoms with Crippen LogP contribution in [0.25, 0.3) is 0 Å². The Kier molecular flexibility index (Phi) is 6.99. The van der Waals surface area contributed by atoms with E-state index in [9.17, 15) is 9.59 Å². The van der Waals surface area contributed by atoms with Gasteiger partial charge in [0.1, 0.15) is 5.75 Å². The number of benzene rings is 2. The fraction of sp³-hybridized carbons (Fsp3) is 0.364. The van der Waals surface area contributed by atoms with Crippen LogP contribution in [0, 0.1) is 19.8 Å². The summed E-state index contributed by atoms with van der Waals surface area (Å²) in [5.41, 5.74) is 3.02. The predicted octanol–water partition coefficient (Wildman–Crippen LogP) is 4.10. The average Bonchev–Trinajstić information content (AvgIpc) is 2.62. The van der Waals surface area contributed by atoms with Crippen molar-refractivity contribution in [3.8, 4) is 5.75 Å². The van der Waals surface area contributed by atoms with E-state index in [0.717, 1.165) is 11.1 Å². The molecule has 2 amide bonds. The van der Waals surface area contributed by atoms with Crippen LogP contribution in [0.5, 0.6) is 5.75 Å². The van der Waals surface area contributed by atoms with Gasteiger partial charge in [-0.2, -0.15) is 0 Å². The fourth-order valence-electron chi connectivity index (χ4n) is 2.59. The highest BCUT2D eigenvalue weighted by Crippen LogP contribution is 2.21. The molecular weight excluding hydrogens is 340 g/mol. The molecule has 0 spiro atoms. The number of ether oxygens (including phenoxy) is 1. The molecule has 5 heteroatoms. The van der Waals surface area contributed by atoms with Crippen LogP contribution >= 0.6 is 0 Å². The number of carbonyl (C=O) groups excluding carboxylic acids is 2. The van der Waals surface area contributed by atoms with Gasteiger partial charge >= 0.3 is 0 Å². The summed E-state index contributed by atoms with van der Waals surface area (Å²) in [7, 11) is 0. The smallest absolute Gasteiger partial charge is 0.265 e. The summed E-state index contributed by atoms with van der Waals surface area (Å²) in [4.78, 5) is 25.0. The highest BCUT2D eigenvalue weighted by molar-refractivity contribution is 6.04. The fourth-order valence-corrected chi connectivity index (χ4v) is 2.59. The van der Waals surface area contributed by atoms with Crippen molar-refractivity contribution >= 4 is 17.5 Å². The lowest BCUT2D eigenvalue weighted by molar-refractivity contribution is -0.122. The molecule has 0 aromatic heterocycles. The van der Waals surface area contributed by atoms with E-state index in [1.54, 1.807) is 31.2 Å². The summed E-state index contributed by atoms with van der Waals surface area (Å²) in [5, 5.41) is 5.68. The van der Waals surface area contributed by atoms with Gasteiger partial charge < -0.3 is 15.4 Å². The van der Waals surface area contributed by atoms with Crippen molar-refractivity contribution in [1.82, 2.24) is 5.32 Å². The Balaban J connectivity index is 2.07. The van der Waals surface area contributed by atoms with E-state index in [0.29, 0.717) is 29.5 Å². The topological polar surface area (TPSA) is 67.4 Å². The van der Waals surface area contributed by atoms with Gasteiger partial charge in [0.25, 0.3) is 11.8 Å². The highest BCUT2D eigenvalue weighted by atomic mass is 16.5. The zero-order valence-electron chi connectivity index (χ0n) is 16.6. The molecule has 0 unspecified atom stereocenters. The van der Waals surface area contributed by atoms with Crippen LogP contribution < -0.4 is 15.4 Å². The van der Waals surface area contributed by atoms with Crippen LogP contribution in [0.15, 0.2) is 42.5 Å². The molecule has 0 aliphatic heterocycles. The minimum atomic E-state index is -0.696. The molecular formula is C22H28N2O3. The van der Waals surface area contributed by atoms with Gasteiger partial charge in [-0.1, -0.05) is 43.7 Å². The zero-order valence-corrected chi connectivity index (χ0v) is 16.6. The first-order chi connectivity index (χ1) is 12.8. The van der Waals surface area contributed by atoms with Crippen molar-refractivity contribution in [3.63, 3.8) is 0 Å². The summed E-state index contributed by atoms with van der Waals surface area (Å²) in [6.45, 7) is 10.3.